The number of para-hydroxylation sites is 1. The zero-order chi connectivity index (χ0) is 21.0. The van der Waals surface area contributed by atoms with Crippen LogP contribution in [0.5, 0.6) is 0 Å². The number of carbonyl (C=O) groups is 1. The number of anilines is 2. The number of hydrogen-bond acceptors (Lipinski definition) is 5. The van der Waals surface area contributed by atoms with E-state index in [0.29, 0.717) is 12.1 Å². The second-order valence-electron chi connectivity index (χ2n) is 7.64. The third kappa shape index (κ3) is 4.10. The zero-order valence-electron chi connectivity index (χ0n) is 17.2. The normalized spacial score (nSPS) is 14.1. The van der Waals surface area contributed by atoms with Crippen molar-refractivity contribution >= 4 is 28.2 Å². The molecular weight excluding hydrogens is 388 g/mol. The van der Waals surface area contributed by atoms with Crippen molar-refractivity contribution in [1.29, 1.82) is 0 Å². The van der Waals surface area contributed by atoms with Crippen LogP contribution in [0.4, 0.5) is 11.5 Å². The Morgan fingerprint density at radius 3 is 2.52 bits per heavy atom. The minimum atomic E-state index is -0.123. The molecule has 6 heteroatoms. The molecule has 0 atom stereocenters. The van der Waals surface area contributed by atoms with Gasteiger partial charge in [-0.25, -0.2) is 4.98 Å². The van der Waals surface area contributed by atoms with E-state index in [0.717, 1.165) is 48.5 Å². The highest BCUT2D eigenvalue weighted by Crippen LogP contribution is 2.27. The van der Waals surface area contributed by atoms with Crippen LogP contribution in [0.1, 0.15) is 16.1 Å². The van der Waals surface area contributed by atoms with Crippen LogP contribution in [-0.2, 0) is 6.54 Å². The van der Waals surface area contributed by atoms with Gasteiger partial charge in [0.25, 0.3) is 5.91 Å². The third-order valence-electron chi connectivity index (χ3n) is 5.71. The largest absolute Gasteiger partial charge is 0.467 e. The van der Waals surface area contributed by atoms with E-state index in [1.54, 1.807) is 6.26 Å². The molecule has 1 saturated heterocycles. The molecule has 0 saturated carbocycles. The Morgan fingerprint density at radius 2 is 1.74 bits per heavy atom. The average Bonchev–Trinajstić information content (AvgIpc) is 3.36. The molecule has 1 fully saturated rings. The van der Waals surface area contributed by atoms with Gasteiger partial charge in [0, 0.05) is 49.0 Å². The molecule has 4 aromatic rings. The molecule has 5 rings (SSSR count). The van der Waals surface area contributed by atoms with Crippen LogP contribution in [0.25, 0.3) is 10.8 Å². The summed E-state index contributed by atoms with van der Waals surface area (Å²) in [7, 11) is 0. The number of fused-ring (bicyclic) bond motifs is 1. The second kappa shape index (κ2) is 8.52. The van der Waals surface area contributed by atoms with Gasteiger partial charge in [-0.1, -0.05) is 24.3 Å². The maximum Gasteiger partial charge on any atom is 0.251 e. The number of hydrogen-bond donors (Lipinski definition) is 1. The topological polar surface area (TPSA) is 61.6 Å². The molecule has 1 aliphatic rings. The molecule has 0 spiro atoms. The number of rotatable bonds is 5. The number of aromatic nitrogens is 1. The van der Waals surface area contributed by atoms with Gasteiger partial charge in [-0.05, 0) is 47.9 Å². The Morgan fingerprint density at radius 1 is 0.935 bits per heavy atom. The van der Waals surface area contributed by atoms with Crippen molar-refractivity contribution in [2.75, 3.05) is 36.0 Å². The highest BCUT2D eigenvalue weighted by Gasteiger charge is 2.20. The fraction of sp³-hybridized carbons (Fsp3) is 0.200. The highest BCUT2D eigenvalue weighted by molar-refractivity contribution is 6.01. The first-order chi connectivity index (χ1) is 15.3. The van der Waals surface area contributed by atoms with Crippen LogP contribution in [-0.4, -0.2) is 37.1 Å². The monoisotopic (exact) mass is 412 g/mol. The van der Waals surface area contributed by atoms with Gasteiger partial charge in [-0.2, -0.15) is 0 Å². The number of benzene rings is 2. The summed E-state index contributed by atoms with van der Waals surface area (Å²) in [6.45, 7) is 4.01. The predicted octanol–water partition coefficient (Wildman–Crippen LogP) is 4.08. The summed E-state index contributed by atoms with van der Waals surface area (Å²) in [5.74, 6) is 1.54. The lowest BCUT2D eigenvalue weighted by Crippen LogP contribution is -2.46. The molecule has 1 aliphatic heterocycles. The number of nitrogens with one attached hydrogen (secondary N) is 1. The van der Waals surface area contributed by atoms with Crippen LogP contribution in [0.3, 0.4) is 0 Å². The Hall–Kier alpha value is -3.80. The van der Waals surface area contributed by atoms with Crippen molar-refractivity contribution in [1.82, 2.24) is 10.3 Å². The standard InChI is InChI=1S/C25H24N4O2/c30-25(27-18-22-7-4-16-31-22)20-9-8-19-10-11-26-24(23(19)17-20)29-14-12-28(13-15-29)21-5-2-1-3-6-21/h1-11,16-17H,12-15,18H2,(H,27,30). The smallest absolute Gasteiger partial charge is 0.251 e. The van der Waals surface area contributed by atoms with E-state index in [2.05, 4.69) is 44.4 Å². The lowest BCUT2D eigenvalue weighted by atomic mass is 10.1. The van der Waals surface area contributed by atoms with Crippen molar-refractivity contribution in [2.45, 2.75) is 6.54 Å². The Bertz CT molecular complexity index is 1170. The van der Waals surface area contributed by atoms with E-state index in [-0.39, 0.29) is 5.91 Å². The molecule has 0 unspecified atom stereocenters. The average molecular weight is 412 g/mol. The first kappa shape index (κ1) is 19.2. The SMILES string of the molecule is O=C(NCc1ccco1)c1ccc2ccnc(N3CCN(c4ccccc4)CC3)c2c1. The molecule has 31 heavy (non-hydrogen) atoms. The first-order valence-corrected chi connectivity index (χ1v) is 10.5. The number of nitrogens with zero attached hydrogens (tertiary/aromatic N) is 3. The summed E-state index contributed by atoms with van der Waals surface area (Å²) < 4.78 is 5.29. The van der Waals surface area contributed by atoms with E-state index in [9.17, 15) is 4.79 Å². The minimum absolute atomic E-state index is 0.123. The van der Waals surface area contributed by atoms with E-state index >= 15 is 0 Å². The Balaban J connectivity index is 1.34. The van der Waals surface area contributed by atoms with Crippen LogP contribution in [0.2, 0.25) is 0 Å². The van der Waals surface area contributed by atoms with Gasteiger partial charge in [-0.3, -0.25) is 4.79 Å². The van der Waals surface area contributed by atoms with E-state index in [1.807, 2.05) is 48.7 Å². The molecule has 2 aromatic heterocycles. The van der Waals surface area contributed by atoms with Gasteiger partial charge in [0.15, 0.2) is 0 Å². The summed E-state index contributed by atoms with van der Waals surface area (Å²) >= 11 is 0. The molecule has 1 amide bonds. The molecular formula is C25H24N4O2. The zero-order valence-corrected chi connectivity index (χ0v) is 17.2. The van der Waals surface area contributed by atoms with Gasteiger partial charge < -0.3 is 19.5 Å². The predicted molar refractivity (Wildman–Crippen MR) is 122 cm³/mol. The molecule has 3 heterocycles. The summed E-state index contributed by atoms with van der Waals surface area (Å²) in [4.78, 5) is 22.1. The molecule has 2 aromatic carbocycles. The van der Waals surface area contributed by atoms with E-state index < -0.39 is 0 Å². The number of furan rings is 1. The molecule has 1 N–H and O–H groups in total. The van der Waals surface area contributed by atoms with Crippen LogP contribution in [0, 0.1) is 0 Å². The Labute approximate surface area is 181 Å². The van der Waals surface area contributed by atoms with Crippen molar-refractivity contribution in [3.63, 3.8) is 0 Å². The molecule has 0 radical (unpaired) electrons. The van der Waals surface area contributed by atoms with Gasteiger partial charge >= 0.3 is 0 Å². The minimum Gasteiger partial charge on any atom is -0.467 e. The van der Waals surface area contributed by atoms with Gasteiger partial charge in [-0.15, -0.1) is 0 Å². The number of pyridine rings is 1. The molecule has 0 bridgehead atoms. The van der Waals surface area contributed by atoms with Gasteiger partial charge in [0.05, 0.1) is 12.8 Å². The summed E-state index contributed by atoms with van der Waals surface area (Å²) in [6, 6.07) is 21.9. The molecule has 0 aliphatic carbocycles. The number of amides is 1. The quantitative estimate of drug-likeness (QED) is 0.535. The summed E-state index contributed by atoms with van der Waals surface area (Å²) in [5.41, 5.74) is 1.87. The van der Waals surface area contributed by atoms with E-state index in [4.69, 9.17) is 4.42 Å². The van der Waals surface area contributed by atoms with Crippen LogP contribution < -0.4 is 15.1 Å². The number of piperazine rings is 1. The van der Waals surface area contributed by atoms with Gasteiger partial charge in [0.1, 0.15) is 11.6 Å². The lowest BCUT2D eigenvalue weighted by molar-refractivity contribution is 0.0948. The van der Waals surface area contributed by atoms with Crippen LogP contribution >= 0.6 is 0 Å². The van der Waals surface area contributed by atoms with E-state index in [1.165, 1.54) is 5.69 Å². The maximum absolute atomic E-state index is 12.7. The van der Waals surface area contributed by atoms with Crippen molar-refractivity contribution in [3.05, 3.63) is 90.5 Å². The van der Waals surface area contributed by atoms with Crippen LogP contribution in [0.15, 0.2) is 83.6 Å². The molecule has 6 nitrogen and oxygen atoms in total. The summed E-state index contributed by atoms with van der Waals surface area (Å²) in [6.07, 6.45) is 3.45. The third-order valence-corrected chi connectivity index (χ3v) is 5.71. The Kier molecular flexibility index (Phi) is 5.27. The second-order valence-corrected chi connectivity index (χ2v) is 7.64. The van der Waals surface area contributed by atoms with Crippen molar-refractivity contribution in [2.24, 2.45) is 0 Å². The fourth-order valence-electron chi connectivity index (χ4n) is 4.04. The fourth-order valence-corrected chi connectivity index (χ4v) is 4.04. The van der Waals surface area contributed by atoms with Crippen molar-refractivity contribution < 1.29 is 9.21 Å². The van der Waals surface area contributed by atoms with Crippen molar-refractivity contribution in [3.8, 4) is 0 Å². The van der Waals surface area contributed by atoms with Gasteiger partial charge in [0.2, 0.25) is 0 Å². The summed E-state index contributed by atoms with van der Waals surface area (Å²) in [5, 5.41) is 5.00. The first-order valence-electron chi connectivity index (χ1n) is 10.5. The highest BCUT2D eigenvalue weighted by atomic mass is 16.3. The maximum atomic E-state index is 12.7. The molecule has 156 valence electrons. The lowest BCUT2D eigenvalue weighted by Gasteiger charge is -2.37. The number of carbonyl (C=O) groups excluding carboxylic acids is 1.